The van der Waals surface area contributed by atoms with Gasteiger partial charge in [-0.2, -0.15) is 0 Å². The third kappa shape index (κ3) is 6.01. The van der Waals surface area contributed by atoms with E-state index in [0.717, 1.165) is 0 Å². The molecule has 0 fully saturated rings. The lowest BCUT2D eigenvalue weighted by Gasteiger charge is -2.27. The highest BCUT2D eigenvalue weighted by atomic mass is 16.5. The molecule has 1 unspecified atom stereocenters. The van der Waals surface area contributed by atoms with E-state index in [1.54, 1.807) is 52.0 Å². The van der Waals surface area contributed by atoms with Crippen molar-refractivity contribution in [2.24, 2.45) is 5.41 Å². The lowest BCUT2D eigenvalue weighted by atomic mass is 9.79. The predicted molar refractivity (Wildman–Crippen MR) is 118 cm³/mol. The smallest absolute Gasteiger partial charge is 0.333 e. The van der Waals surface area contributed by atoms with Gasteiger partial charge in [0.15, 0.2) is 0 Å². The highest BCUT2D eigenvalue weighted by Gasteiger charge is 2.36. The summed E-state index contributed by atoms with van der Waals surface area (Å²) < 4.78 is 5.40. The van der Waals surface area contributed by atoms with E-state index >= 15 is 0 Å². The quantitative estimate of drug-likeness (QED) is 0.264. The lowest BCUT2D eigenvalue weighted by molar-refractivity contribution is -0.142. The number of benzene rings is 1. The van der Waals surface area contributed by atoms with Gasteiger partial charge in [-0.05, 0) is 33.1 Å². The largest absolute Gasteiger partial charge is 0.507 e. The maximum Gasteiger partial charge on any atom is 0.333 e. The van der Waals surface area contributed by atoms with E-state index in [1.807, 2.05) is 0 Å². The molecule has 0 aromatic heterocycles. The van der Waals surface area contributed by atoms with Crippen LogP contribution < -0.4 is 0 Å². The monoisotopic (exact) mass is 426 g/mol. The first-order chi connectivity index (χ1) is 14.4. The van der Waals surface area contributed by atoms with Crippen molar-refractivity contribution >= 4 is 23.3 Å². The maximum atomic E-state index is 12.5. The second kappa shape index (κ2) is 9.43. The minimum atomic E-state index is -0.999. The summed E-state index contributed by atoms with van der Waals surface area (Å²) in [4.78, 5) is 37.2. The fraction of sp³-hybridized carbons (Fsp3) is 0.400. The highest BCUT2D eigenvalue weighted by Crippen LogP contribution is 2.35. The molecular formula is C25H30O6. The normalized spacial score (nSPS) is 16.6. The van der Waals surface area contributed by atoms with Gasteiger partial charge in [0, 0.05) is 27.7 Å². The van der Waals surface area contributed by atoms with Crippen LogP contribution >= 0.6 is 0 Å². The van der Waals surface area contributed by atoms with E-state index in [4.69, 9.17) is 4.74 Å². The number of allylic oxidation sites excluding steroid dienone is 2. The molecule has 166 valence electrons. The third-order valence-electron chi connectivity index (χ3n) is 5.31. The summed E-state index contributed by atoms with van der Waals surface area (Å²) in [5.41, 5.74) is -0.716. The van der Waals surface area contributed by atoms with E-state index in [0.29, 0.717) is 24.0 Å². The third-order valence-corrected chi connectivity index (χ3v) is 5.31. The molecule has 1 aromatic rings. The number of rotatable bonds is 9. The van der Waals surface area contributed by atoms with Gasteiger partial charge in [0.2, 0.25) is 11.6 Å². The molecule has 0 radical (unpaired) electrons. The molecule has 6 heteroatoms. The molecule has 0 saturated carbocycles. The second-order valence-corrected chi connectivity index (χ2v) is 8.94. The van der Waals surface area contributed by atoms with Crippen LogP contribution in [0.25, 0.3) is 5.76 Å². The molecule has 0 saturated heterocycles. The van der Waals surface area contributed by atoms with Crippen molar-refractivity contribution in [2.45, 2.75) is 52.6 Å². The zero-order valence-corrected chi connectivity index (χ0v) is 18.5. The van der Waals surface area contributed by atoms with Gasteiger partial charge in [0.25, 0.3) is 0 Å². The first-order valence-electron chi connectivity index (χ1n) is 10.2. The molecule has 0 spiro atoms. The van der Waals surface area contributed by atoms with Crippen molar-refractivity contribution in [3.05, 3.63) is 65.3 Å². The van der Waals surface area contributed by atoms with Crippen LogP contribution in [0.1, 0.15) is 62.9 Å². The van der Waals surface area contributed by atoms with Crippen LogP contribution in [-0.2, 0) is 14.3 Å². The number of Topliss-reactive ketones (excluding diaryl/α,β-unsaturated/α-hetero) is 2. The van der Waals surface area contributed by atoms with Crippen LogP contribution in [0.15, 0.2) is 54.1 Å². The number of ether oxygens (including phenoxy) is 1. The van der Waals surface area contributed by atoms with Crippen molar-refractivity contribution in [1.82, 2.24) is 0 Å². The van der Waals surface area contributed by atoms with Crippen LogP contribution in [0.4, 0.5) is 0 Å². The number of hydrogen-bond acceptors (Lipinski definition) is 6. The Morgan fingerprint density at radius 2 is 1.74 bits per heavy atom. The minimum Gasteiger partial charge on any atom is -0.507 e. The summed E-state index contributed by atoms with van der Waals surface area (Å²) in [6.07, 6.45) is 4.15. The van der Waals surface area contributed by atoms with Crippen LogP contribution in [0.5, 0.6) is 0 Å². The van der Waals surface area contributed by atoms with Gasteiger partial charge in [-0.25, -0.2) is 4.79 Å². The average molecular weight is 427 g/mol. The molecule has 0 aliphatic heterocycles. The Balaban J connectivity index is 2.05. The van der Waals surface area contributed by atoms with Gasteiger partial charge < -0.3 is 14.9 Å². The zero-order chi connectivity index (χ0) is 23.4. The lowest BCUT2D eigenvalue weighted by Crippen LogP contribution is -2.30. The summed E-state index contributed by atoms with van der Waals surface area (Å²) in [6, 6.07) is 6.44. The summed E-state index contributed by atoms with van der Waals surface area (Å²) in [5, 5.41) is 20.5. The van der Waals surface area contributed by atoms with Gasteiger partial charge in [0.1, 0.15) is 5.76 Å². The number of aliphatic hydroxyl groups excluding tert-OH is 1. The number of carbonyl (C=O) groups is 3. The standard InChI is InChI=1S/C25H30O6/c1-6-25(5,30)13-9-10-16(2)23(29)31-15-24(3,4)14-19-20(26)17-11-7-8-12-18(17)21(27)22(19)28/h6-8,10-12,26,30H,1,9,13-15H2,2-5H3/b16-10+. The molecule has 6 nitrogen and oxygen atoms in total. The van der Waals surface area contributed by atoms with Crippen LogP contribution in [0.3, 0.4) is 0 Å². The van der Waals surface area contributed by atoms with Crippen molar-refractivity contribution in [1.29, 1.82) is 0 Å². The Morgan fingerprint density at radius 1 is 1.13 bits per heavy atom. The van der Waals surface area contributed by atoms with Gasteiger partial charge in [0.05, 0.1) is 12.2 Å². The first-order valence-corrected chi connectivity index (χ1v) is 10.2. The Morgan fingerprint density at radius 3 is 2.35 bits per heavy atom. The molecule has 0 amide bonds. The number of ketones is 2. The molecule has 0 bridgehead atoms. The number of aliphatic hydroxyl groups is 2. The van der Waals surface area contributed by atoms with E-state index < -0.39 is 28.6 Å². The SMILES string of the molecule is C=CC(C)(O)CC/C=C(\C)C(=O)OCC(C)(C)CC1=C(O)c2ccccc2C(=O)C1=O. The summed E-state index contributed by atoms with van der Waals surface area (Å²) in [5.74, 6) is -2.09. The van der Waals surface area contributed by atoms with Gasteiger partial charge in [-0.3, -0.25) is 9.59 Å². The second-order valence-electron chi connectivity index (χ2n) is 8.94. The molecule has 1 aromatic carbocycles. The number of esters is 1. The van der Waals surface area contributed by atoms with E-state index in [9.17, 15) is 24.6 Å². The molecular weight excluding hydrogens is 396 g/mol. The number of carbonyl (C=O) groups excluding carboxylic acids is 3. The molecule has 2 N–H and O–H groups in total. The molecule has 1 aliphatic carbocycles. The fourth-order valence-corrected chi connectivity index (χ4v) is 3.25. The van der Waals surface area contributed by atoms with Gasteiger partial charge >= 0.3 is 5.97 Å². The highest BCUT2D eigenvalue weighted by molar-refractivity contribution is 6.52. The summed E-state index contributed by atoms with van der Waals surface area (Å²) in [7, 11) is 0. The minimum absolute atomic E-state index is 0.00127. The average Bonchev–Trinajstić information content (AvgIpc) is 2.73. The van der Waals surface area contributed by atoms with E-state index in [1.165, 1.54) is 12.1 Å². The number of hydrogen-bond donors (Lipinski definition) is 2. The van der Waals surface area contributed by atoms with Crippen LogP contribution in [0, 0.1) is 5.41 Å². The Hall–Kier alpha value is -2.99. The predicted octanol–water partition coefficient (Wildman–Crippen LogP) is 4.34. The molecule has 0 heterocycles. The Labute approximate surface area is 182 Å². The maximum absolute atomic E-state index is 12.5. The van der Waals surface area contributed by atoms with Crippen LogP contribution in [0.2, 0.25) is 0 Å². The van der Waals surface area contributed by atoms with E-state index in [2.05, 4.69) is 6.58 Å². The molecule has 2 rings (SSSR count). The number of fused-ring (bicyclic) bond motifs is 1. The van der Waals surface area contributed by atoms with Gasteiger partial charge in [-0.15, -0.1) is 6.58 Å². The summed E-state index contributed by atoms with van der Waals surface area (Å²) in [6.45, 7) is 10.4. The Kier molecular flexibility index (Phi) is 7.39. The topological polar surface area (TPSA) is 101 Å². The zero-order valence-electron chi connectivity index (χ0n) is 18.5. The van der Waals surface area contributed by atoms with Crippen molar-refractivity contribution < 1.29 is 29.3 Å². The van der Waals surface area contributed by atoms with Crippen molar-refractivity contribution in [3.8, 4) is 0 Å². The van der Waals surface area contributed by atoms with Crippen molar-refractivity contribution in [2.75, 3.05) is 6.61 Å². The van der Waals surface area contributed by atoms with E-state index in [-0.39, 0.29) is 29.9 Å². The molecule has 1 atom stereocenters. The fourth-order valence-electron chi connectivity index (χ4n) is 3.25. The van der Waals surface area contributed by atoms with Gasteiger partial charge in [-0.1, -0.05) is 50.3 Å². The van der Waals surface area contributed by atoms with Crippen LogP contribution in [-0.4, -0.2) is 40.0 Å². The molecule has 31 heavy (non-hydrogen) atoms. The Bertz CT molecular complexity index is 962. The first kappa shape index (κ1) is 24.3. The van der Waals surface area contributed by atoms with Crippen molar-refractivity contribution in [3.63, 3.8) is 0 Å². The summed E-state index contributed by atoms with van der Waals surface area (Å²) >= 11 is 0. The molecule has 1 aliphatic rings.